The van der Waals surface area contributed by atoms with Gasteiger partial charge >= 0.3 is 0 Å². The summed E-state index contributed by atoms with van der Waals surface area (Å²) >= 11 is 3.40. The molecule has 178 valence electrons. The SMILES string of the molecule is CCc1nc2ccc(Br)cc2c(=O)n1N=Cc1cccc(OC)c1OCc1ccc([N+](=O)[O-])cc1. The lowest BCUT2D eigenvalue weighted by Crippen LogP contribution is -2.22. The minimum absolute atomic E-state index is 0.00654. The van der Waals surface area contributed by atoms with Gasteiger partial charge in [0, 0.05) is 28.6 Å². The van der Waals surface area contributed by atoms with Crippen LogP contribution in [0, 0.1) is 10.1 Å². The van der Waals surface area contributed by atoms with Gasteiger partial charge in [0.2, 0.25) is 0 Å². The molecule has 9 nitrogen and oxygen atoms in total. The van der Waals surface area contributed by atoms with Crippen LogP contribution in [0.4, 0.5) is 5.69 Å². The number of nitro benzene ring substituents is 1. The number of hydrogen-bond acceptors (Lipinski definition) is 7. The van der Waals surface area contributed by atoms with Crippen molar-refractivity contribution in [1.29, 1.82) is 0 Å². The van der Waals surface area contributed by atoms with Gasteiger partial charge in [0.15, 0.2) is 11.5 Å². The third kappa shape index (κ3) is 5.22. The van der Waals surface area contributed by atoms with Crippen molar-refractivity contribution in [2.24, 2.45) is 5.10 Å². The molecule has 0 radical (unpaired) electrons. The van der Waals surface area contributed by atoms with Gasteiger partial charge in [-0.2, -0.15) is 9.78 Å². The van der Waals surface area contributed by atoms with E-state index >= 15 is 0 Å². The van der Waals surface area contributed by atoms with Crippen molar-refractivity contribution in [2.75, 3.05) is 7.11 Å². The van der Waals surface area contributed by atoms with E-state index in [-0.39, 0.29) is 17.9 Å². The lowest BCUT2D eigenvalue weighted by atomic mass is 10.2. The van der Waals surface area contributed by atoms with E-state index in [1.165, 1.54) is 30.1 Å². The van der Waals surface area contributed by atoms with Crippen LogP contribution in [0.15, 0.2) is 75.0 Å². The minimum atomic E-state index is -0.452. The van der Waals surface area contributed by atoms with Crippen molar-refractivity contribution in [3.8, 4) is 11.5 Å². The predicted molar refractivity (Wildman–Crippen MR) is 136 cm³/mol. The summed E-state index contributed by atoms with van der Waals surface area (Å²) in [6.07, 6.45) is 2.04. The number of rotatable bonds is 8. The molecule has 0 bridgehead atoms. The number of aromatic nitrogens is 2. The maximum atomic E-state index is 13.2. The molecule has 0 saturated carbocycles. The summed E-state index contributed by atoms with van der Waals surface area (Å²) in [6.45, 7) is 2.06. The number of benzene rings is 3. The van der Waals surface area contributed by atoms with E-state index < -0.39 is 4.92 Å². The Morgan fingerprint density at radius 1 is 1.17 bits per heavy atom. The number of hydrogen-bond donors (Lipinski definition) is 0. The standard InChI is InChI=1S/C25H21BrN4O5/c1-3-23-28-21-12-9-18(26)13-20(21)25(31)29(23)27-14-17-5-4-6-22(34-2)24(17)35-15-16-7-10-19(11-8-16)30(32)33/h4-14H,3,15H2,1-2H3. The summed E-state index contributed by atoms with van der Waals surface area (Å²) in [6, 6.07) is 16.8. The molecule has 0 aliphatic heterocycles. The van der Waals surface area contributed by atoms with Gasteiger partial charge in [-0.3, -0.25) is 14.9 Å². The zero-order valence-electron chi connectivity index (χ0n) is 19.0. The molecule has 0 spiro atoms. The number of nitro groups is 1. The Labute approximate surface area is 208 Å². The number of non-ortho nitro benzene ring substituents is 1. The average Bonchev–Trinajstić information content (AvgIpc) is 2.87. The topological polar surface area (TPSA) is 109 Å². The van der Waals surface area contributed by atoms with E-state index in [4.69, 9.17) is 9.47 Å². The summed E-state index contributed by atoms with van der Waals surface area (Å²) in [5, 5.41) is 15.8. The molecule has 0 amide bonds. The molecule has 1 aromatic heterocycles. The van der Waals surface area contributed by atoms with Crippen molar-refractivity contribution in [3.63, 3.8) is 0 Å². The van der Waals surface area contributed by atoms with Crippen molar-refractivity contribution in [1.82, 2.24) is 9.66 Å². The molecular weight excluding hydrogens is 516 g/mol. The maximum absolute atomic E-state index is 13.2. The highest BCUT2D eigenvalue weighted by Gasteiger charge is 2.13. The smallest absolute Gasteiger partial charge is 0.282 e. The highest BCUT2D eigenvalue weighted by Crippen LogP contribution is 2.31. The zero-order valence-corrected chi connectivity index (χ0v) is 20.6. The number of aryl methyl sites for hydroxylation is 1. The van der Waals surface area contributed by atoms with Gasteiger partial charge in [-0.15, -0.1) is 0 Å². The third-order valence-electron chi connectivity index (χ3n) is 5.26. The molecule has 0 aliphatic rings. The van der Waals surface area contributed by atoms with Crippen molar-refractivity contribution < 1.29 is 14.4 Å². The van der Waals surface area contributed by atoms with Crippen molar-refractivity contribution in [2.45, 2.75) is 20.0 Å². The van der Waals surface area contributed by atoms with Crippen LogP contribution in [-0.4, -0.2) is 27.9 Å². The molecule has 0 saturated heterocycles. The van der Waals surface area contributed by atoms with E-state index in [0.717, 1.165) is 10.0 Å². The molecule has 1 heterocycles. The number of fused-ring (bicyclic) bond motifs is 1. The normalized spacial score (nSPS) is 11.2. The number of nitrogens with zero attached hydrogens (tertiary/aromatic N) is 4. The Morgan fingerprint density at radius 3 is 2.63 bits per heavy atom. The molecule has 3 aromatic carbocycles. The van der Waals surface area contributed by atoms with Crippen LogP contribution in [0.2, 0.25) is 0 Å². The summed E-state index contributed by atoms with van der Waals surface area (Å²) < 4.78 is 13.5. The van der Waals surface area contributed by atoms with Gasteiger partial charge in [-0.25, -0.2) is 4.98 Å². The Hall–Kier alpha value is -4.05. The molecule has 0 unspecified atom stereocenters. The van der Waals surface area contributed by atoms with Gasteiger partial charge in [-0.05, 0) is 48.0 Å². The minimum Gasteiger partial charge on any atom is -0.493 e. The molecule has 10 heteroatoms. The number of ether oxygens (including phenoxy) is 2. The molecule has 4 aromatic rings. The molecule has 4 rings (SSSR count). The van der Waals surface area contributed by atoms with E-state index in [0.29, 0.717) is 40.2 Å². The maximum Gasteiger partial charge on any atom is 0.282 e. The van der Waals surface area contributed by atoms with Crippen LogP contribution < -0.4 is 15.0 Å². The fourth-order valence-electron chi connectivity index (χ4n) is 3.48. The Bertz CT molecular complexity index is 1480. The van der Waals surface area contributed by atoms with Crippen LogP contribution in [0.1, 0.15) is 23.9 Å². The predicted octanol–water partition coefficient (Wildman–Crippen LogP) is 5.10. The summed E-state index contributed by atoms with van der Waals surface area (Å²) in [5.74, 6) is 1.44. The van der Waals surface area contributed by atoms with Crippen LogP contribution in [-0.2, 0) is 13.0 Å². The highest BCUT2D eigenvalue weighted by molar-refractivity contribution is 9.10. The second-order valence-electron chi connectivity index (χ2n) is 7.50. The number of para-hydroxylation sites is 1. The second kappa shape index (κ2) is 10.5. The van der Waals surface area contributed by atoms with Crippen molar-refractivity contribution in [3.05, 3.63) is 103 Å². The zero-order chi connectivity index (χ0) is 24.9. The summed E-state index contributed by atoms with van der Waals surface area (Å²) in [4.78, 5) is 28.2. The van der Waals surface area contributed by atoms with Crippen LogP contribution in [0.25, 0.3) is 10.9 Å². The largest absolute Gasteiger partial charge is 0.493 e. The van der Waals surface area contributed by atoms with E-state index in [1.54, 1.807) is 42.5 Å². The molecule has 0 atom stereocenters. The fourth-order valence-corrected chi connectivity index (χ4v) is 3.84. The Morgan fingerprint density at radius 2 is 1.94 bits per heavy atom. The molecular formula is C25H21BrN4O5. The van der Waals surface area contributed by atoms with Crippen LogP contribution >= 0.6 is 15.9 Å². The summed E-state index contributed by atoms with van der Waals surface area (Å²) in [7, 11) is 1.53. The van der Waals surface area contributed by atoms with Gasteiger partial charge in [0.25, 0.3) is 11.2 Å². The Balaban J connectivity index is 1.69. The van der Waals surface area contributed by atoms with E-state index in [9.17, 15) is 14.9 Å². The monoisotopic (exact) mass is 536 g/mol. The van der Waals surface area contributed by atoms with Crippen LogP contribution in [0.3, 0.4) is 0 Å². The lowest BCUT2D eigenvalue weighted by molar-refractivity contribution is -0.384. The first-order chi connectivity index (χ1) is 16.9. The quantitative estimate of drug-likeness (QED) is 0.176. The molecule has 0 fully saturated rings. The van der Waals surface area contributed by atoms with E-state index in [2.05, 4.69) is 26.0 Å². The fraction of sp³-hybridized carbons (Fsp3) is 0.160. The van der Waals surface area contributed by atoms with Crippen LogP contribution in [0.5, 0.6) is 11.5 Å². The number of methoxy groups -OCH3 is 1. The first-order valence-electron chi connectivity index (χ1n) is 10.7. The van der Waals surface area contributed by atoms with Gasteiger partial charge in [-0.1, -0.05) is 28.9 Å². The summed E-state index contributed by atoms with van der Waals surface area (Å²) in [5.41, 5.74) is 1.68. The lowest BCUT2D eigenvalue weighted by Gasteiger charge is -2.13. The molecule has 0 N–H and O–H groups in total. The number of halogens is 1. The Kier molecular flexibility index (Phi) is 7.21. The van der Waals surface area contributed by atoms with Gasteiger partial charge in [0.1, 0.15) is 12.4 Å². The second-order valence-corrected chi connectivity index (χ2v) is 8.41. The highest BCUT2D eigenvalue weighted by atomic mass is 79.9. The first kappa shape index (κ1) is 24.1. The van der Waals surface area contributed by atoms with Gasteiger partial charge in [0.05, 0.1) is 29.2 Å². The van der Waals surface area contributed by atoms with Crippen molar-refractivity contribution >= 4 is 38.7 Å². The average molecular weight is 537 g/mol. The first-order valence-corrected chi connectivity index (χ1v) is 11.5. The molecule has 35 heavy (non-hydrogen) atoms. The molecule has 0 aliphatic carbocycles. The third-order valence-corrected chi connectivity index (χ3v) is 5.76. The van der Waals surface area contributed by atoms with E-state index in [1.807, 2.05) is 13.0 Å². The van der Waals surface area contributed by atoms with Gasteiger partial charge < -0.3 is 9.47 Å².